The maximum atomic E-state index is 11.9. The predicted molar refractivity (Wildman–Crippen MR) is 92.1 cm³/mol. The monoisotopic (exact) mass is 350 g/mol. The van der Waals surface area contributed by atoms with Gasteiger partial charge < -0.3 is 10.6 Å². The van der Waals surface area contributed by atoms with Gasteiger partial charge in [-0.15, -0.1) is 22.7 Å². The molecule has 2 aromatic heterocycles. The second-order valence-electron chi connectivity index (χ2n) is 5.35. The number of rotatable bonds is 6. The largest absolute Gasteiger partial charge is 0.354 e. The summed E-state index contributed by atoms with van der Waals surface area (Å²) in [6.45, 7) is 1.69. The van der Waals surface area contributed by atoms with Gasteiger partial charge in [-0.2, -0.15) is 0 Å². The molecule has 0 aliphatic carbocycles. The van der Waals surface area contributed by atoms with Gasteiger partial charge in [0.25, 0.3) is 5.91 Å². The van der Waals surface area contributed by atoms with Gasteiger partial charge in [0.15, 0.2) is 5.13 Å². The molecule has 2 amide bonds. The minimum atomic E-state index is -0.169. The quantitative estimate of drug-likeness (QED) is 0.743. The first-order valence-electron chi connectivity index (χ1n) is 7.50. The van der Waals surface area contributed by atoms with Crippen LogP contribution in [-0.4, -0.2) is 35.9 Å². The maximum Gasteiger partial charge on any atom is 0.267 e. The van der Waals surface area contributed by atoms with E-state index >= 15 is 0 Å². The molecule has 23 heavy (non-hydrogen) atoms. The van der Waals surface area contributed by atoms with Crippen molar-refractivity contribution in [3.63, 3.8) is 0 Å². The van der Waals surface area contributed by atoms with Crippen molar-refractivity contribution in [2.24, 2.45) is 0 Å². The average molecular weight is 350 g/mol. The molecule has 1 unspecified atom stereocenters. The van der Waals surface area contributed by atoms with Crippen LogP contribution in [0.5, 0.6) is 0 Å². The highest BCUT2D eigenvalue weighted by molar-refractivity contribution is 7.14. The Hall–Kier alpha value is -1.77. The number of nitrogens with one attached hydrogen (secondary N) is 3. The van der Waals surface area contributed by atoms with Crippen LogP contribution in [0.15, 0.2) is 22.9 Å². The zero-order valence-electron chi connectivity index (χ0n) is 12.5. The summed E-state index contributed by atoms with van der Waals surface area (Å²) in [6, 6.07) is 3.98. The van der Waals surface area contributed by atoms with E-state index in [1.807, 2.05) is 11.4 Å². The lowest BCUT2D eigenvalue weighted by atomic mass is 10.2. The number of hydrogen-bond acceptors (Lipinski definition) is 6. The van der Waals surface area contributed by atoms with Crippen LogP contribution >= 0.6 is 22.7 Å². The Balaban J connectivity index is 1.46. The standard InChI is InChI=1S/C15H18N4O2S2/c20-13(17-8-10-3-1-5-16-10)7-11-9-23-15(18-11)19-14(21)12-4-2-6-22-12/h2,4,6,9-10,16H,1,3,5,7-8H2,(H,17,20)(H,18,19,21). The fourth-order valence-corrected chi connectivity index (χ4v) is 3.73. The lowest BCUT2D eigenvalue weighted by Crippen LogP contribution is -2.37. The van der Waals surface area contributed by atoms with Crippen LogP contribution in [0.2, 0.25) is 0 Å². The molecule has 6 nitrogen and oxygen atoms in total. The Bertz CT molecular complexity index is 663. The number of aromatic nitrogens is 1. The first kappa shape index (κ1) is 16.1. The van der Waals surface area contributed by atoms with E-state index in [0.717, 1.165) is 13.0 Å². The molecule has 0 saturated carbocycles. The number of thiophene rings is 1. The molecule has 1 atom stereocenters. The zero-order valence-corrected chi connectivity index (χ0v) is 14.1. The van der Waals surface area contributed by atoms with Crippen molar-refractivity contribution in [1.82, 2.24) is 15.6 Å². The van der Waals surface area contributed by atoms with Gasteiger partial charge in [0.1, 0.15) is 0 Å². The summed E-state index contributed by atoms with van der Waals surface area (Å²) in [5.41, 5.74) is 0.674. The molecule has 3 heterocycles. The maximum absolute atomic E-state index is 11.9. The highest BCUT2D eigenvalue weighted by Gasteiger charge is 2.16. The van der Waals surface area contributed by atoms with E-state index in [-0.39, 0.29) is 18.2 Å². The van der Waals surface area contributed by atoms with Gasteiger partial charge in [-0.1, -0.05) is 6.07 Å². The van der Waals surface area contributed by atoms with Gasteiger partial charge in [-0.3, -0.25) is 14.9 Å². The second-order valence-corrected chi connectivity index (χ2v) is 7.16. The van der Waals surface area contributed by atoms with Gasteiger partial charge in [0, 0.05) is 18.0 Å². The highest BCUT2D eigenvalue weighted by Crippen LogP contribution is 2.18. The fraction of sp³-hybridized carbons (Fsp3) is 0.400. The van der Waals surface area contributed by atoms with Crippen LogP contribution in [0.1, 0.15) is 28.2 Å². The fourth-order valence-electron chi connectivity index (χ4n) is 2.41. The van der Waals surface area contributed by atoms with E-state index in [9.17, 15) is 9.59 Å². The van der Waals surface area contributed by atoms with Crippen molar-refractivity contribution < 1.29 is 9.59 Å². The van der Waals surface area contributed by atoms with Crippen molar-refractivity contribution in [3.8, 4) is 0 Å². The number of amides is 2. The summed E-state index contributed by atoms with van der Waals surface area (Å²) in [5.74, 6) is -0.210. The minimum Gasteiger partial charge on any atom is -0.354 e. The SMILES string of the molecule is O=C(Cc1csc(NC(=O)c2cccs2)n1)NCC1CCCN1. The molecule has 1 saturated heterocycles. The smallest absolute Gasteiger partial charge is 0.267 e. The Morgan fingerprint density at radius 1 is 1.39 bits per heavy atom. The summed E-state index contributed by atoms with van der Waals surface area (Å²) in [6.07, 6.45) is 2.51. The molecule has 8 heteroatoms. The van der Waals surface area contributed by atoms with Gasteiger partial charge >= 0.3 is 0 Å². The number of carbonyl (C=O) groups excluding carboxylic acids is 2. The van der Waals surface area contributed by atoms with Crippen LogP contribution < -0.4 is 16.0 Å². The van der Waals surface area contributed by atoms with Gasteiger partial charge in [-0.25, -0.2) is 4.98 Å². The van der Waals surface area contributed by atoms with Gasteiger partial charge in [0.05, 0.1) is 17.0 Å². The number of anilines is 1. The van der Waals surface area contributed by atoms with Crippen molar-refractivity contribution in [3.05, 3.63) is 33.5 Å². The summed E-state index contributed by atoms with van der Waals surface area (Å²) in [7, 11) is 0. The van der Waals surface area contributed by atoms with E-state index in [1.54, 1.807) is 11.4 Å². The van der Waals surface area contributed by atoms with E-state index in [2.05, 4.69) is 20.9 Å². The molecule has 1 fully saturated rings. The zero-order chi connectivity index (χ0) is 16.1. The van der Waals surface area contributed by atoms with Gasteiger partial charge in [0.2, 0.25) is 5.91 Å². The molecule has 2 aromatic rings. The highest BCUT2D eigenvalue weighted by atomic mass is 32.1. The van der Waals surface area contributed by atoms with Crippen molar-refractivity contribution >= 4 is 39.6 Å². The first-order valence-corrected chi connectivity index (χ1v) is 9.26. The normalized spacial score (nSPS) is 17.1. The van der Waals surface area contributed by atoms with Crippen molar-refractivity contribution in [2.75, 3.05) is 18.4 Å². The van der Waals surface area contributed by atoms with E-state index in [1.165, 1.54) is 29.1 Å². The molecule has 0 aromatic carbocycles. The van der Waals surface area contributed by atoms with Crippen LogP contribution in [0.4, 0.5) is 5.13 Å². The van der Waals surface area contributed by atoms with Crippen LogP contribution in [0.3, 0.4) is 0 Å². The van der Waals surface area contributed by atoms with E-state index in [4.69, 9.17) is 0 Å². The third-order valence-corrected chi connectivity index (χ3v) is 5.24. The third kappa shape index (κ3) is 4.60. The summed E-state index contributed by atoms with van der Waals surface area (Å²) in [5, 5.41) is 13.2. The molecular weight excluding hydrogens is 332 g/mol. The van der Waals surface area contributed by atoms with Crippen molar-refractivity contribution in [1.29, 1.82) is 0 Å². The average Bonchev–Trinajstić information content (AvgIpc) is 3.28. The van der Waals surface area contributed by atoms with Crippen LogP contribution in [-0.2, 0) is 11.2 Å². The first-order chi connectivity index (χ1) is 11.2. The molecule has 3 rings (SSSR count). The van der Waals surface area contributed by atoms with Crippen LogP contribution in [0, 0.1) is 0 Å². The van der Waals surface area contributed by atoms with Crippen molar-refractivity contribution in [2.45, 2.75) is 25.3 Å². The number of nitrogens with zero attached hydrogens (tertiary/aromatic N) is 1. The lowest BCUT2D eigenvalue weighted by molar-refractivity contribution is -0.120. The molecular formula is C15H18N4O2S2. The minimum absolute atomic E-state index is 0.0415. The summed E-state index contributed by atoms with van der Waals surface area (Å²) in [4.78, 5) is 28.8. The van der Waals surface area contributed by atoms with Gasteiger partial charge in [-0.05, 0) is 30.8 Å². The Morgan fingerprint density at radius 2 is 2.30 bits per heavy atom. The summed E-state index contributed by atoms with van der Waals surface area (Å²) >= 11 is 2.71. The Morgan fingerprint density at radius 3 is 3.04 bits per heavy atom. The predicted octanol–water partition coefficient (Wildman–Crippen LogP) is 1.87. The lowest BCUT2D eigenvalue weighted by Gasteiger charge is -2.10. The topological polar surface area (TPSA) is 83.1 Å². The summed E-state index contributed by atoms with van der Waals surface area (Å²) < 4.78 is 0. The Kier molecular flexibility index (Phi) is 5.37. The van der Waals surface area contributed by atoms with Crippen LogP contribution in [0.25, 0.3) is 0 Å². The number of hydrogen-bond donors (Lipinski definition) is 3. The molecule has 1 aliphatic heterocycles. The molecule has 0 spiro atoms. The molecule has 0 bridgehead atoms. The molecule has 0 radical (unpaired) electrons. The number of thiazole rings is 1. The molecule has 1 aliphatic rings. The Labute approximate surface area is 142 Å². The van der Waals surface area contributed by atoms with E-state index in [0.29, 0.717) is 28.3 Å². The van der Waals surface area contributed by atoms with E-state index < -0.39 is 0 Å². The molecule has 122 valence electrons. The third-order valence-electron chi connectivity index (χ3n) is 3.57. The number of carbonyl (C=O) groups is 2. The second kappa shape index (κ2) is 7.67. The molecule has 3 N–H and O–H groups in total.